The highest BCUT2D eigenvalue weighted by Crippen LogP contribution is 2.13. The molecule has 0 aliphatic carbocycles. The molecule has 1 aromatic carbocycles. The molecule has 1 atom stereocenters. The molecule has 0 radical (unpaired) electrons. The van der Waals surface area contributed by atoms with Crippen LogP contribution in [-0.4, -0.2) is 35.8 Å². The number of rotatable bonds is 6. The van der Waals surface area contributed by atoms with Gasteiger partial charge in [0.1, 0.15) is 0 Å². The van der Waals surface area contributed by atoms with E-state index in [2.05, 4.69) is 5.32 Å². The number of nitrogens with two attached hydrogens (primary N) is 1. The quantitative estimate of drug-likeness (QED) is 0.841. The van der Waals surface area contributed by atoms with Gasteiger partial charge in [0.15, 0.2) is 0 Å². The first-order valence-electron chi connectivity index (χ1n) is 8.39. The number of likely N-dealkylation sites (tertiary alicyclic amines) is 1. The molecular formula is C18H27N3O2. The third kappa shape index (κ3) is 5.06. The van der Waals surface area contributed by atoms with Crippen LogP contribution in [0.25, 0.3) is 0 Å². The fourth-order valence-corrected chi connectivity index (χ4v) is 2.80. The van der Waals surface area contributed by atoms with Crippen molar-refractivity contribution in [3.8, 4) is 0 Å². The van der Waals surface area contributed by atoms with Crippen LogP contribution < -0.4 is 11.1 Å². The number of benzene rings is 1. The summed E-state index contributed by atoms with van der Waals surface area (Å²) in [4.78, 5) is 26.1. The number of carbonyl (C=O) groups is 2. The molecule has 0 bridgehead atoms. The molecule has 5 nitrogen and oxygen atoms in total. The van der Waals surface area contributed by atoms with E-state index in [1.165, 1.54) is 0 Å². The molecule has 1 fully saturated rings. The van der Waals surface area contributed by atoms with Crippen molar-refractivity contribution >= 4 is 11.8 Å². The number of nitrogens with zero attached hydrogens (tertiary/aromatic N) is 1. The molecule has 23 heavy (non-hydrogen) atoms. The van der Waals surface area contributed by atoms with E-state index in [1.54, 1.807) is 0 Å². The van der Waals surface area contributed by atoms with Crippen LogP contribution in [-0.2, 0) is 11.3 Å². The van der Waals surface area contributed by atoms with Gasteiger partial charge in [-0.3, -0.25) is 9.59 Å². The Morgan fingerprint density at radius 3 is 2.35 bits per heavy atom. The third-order valence-electron chi connectivity index (χ3n) is 4.12. The van der Waals surface area contributed by atoms with Gasteiger partial charge in [0.2, 0.25) is 5.91 Å². The zero-order valence-corrected chi connectivity index (χ0v) is 14.0. The van der Waals surface area contributed by atoms with Crippen molar-refractivity contribution in [2.45, 2.75) is 45.7 Å². The molecule has 0 saturated carbocycles. The van der Waals surface area contributed by atoms with Crippen LogP contribution in [0.4, 0.5) is 0 Å². The molecule has 1 aliphatic rings. The van der Waals surface area contributed by atoms with Crippen LogP contribution in [0.1, 0.15) is 49.0 Å². The van der Waals surface area contributed by atoms with Gasteiger partial charge < -0.3 is 16.0 Å². The van der Waals surface area contributed by atoms with Crippen molar-refractivity contribution in [3.63, 3.8) is 0 Å². The smallest absolute Gasteiger partial charge is 0.253 e. The number of hydrogen-bond donors (Lipinski definition) is 2. The van der Waals surface area contributed by atoms with Crippen LogP contribution in [0.15, 0.2) is 24.3 Å². The highest BCUT2D eigenvalue weighted by molar-refractivity contribution is 5.94. The summed E-state index contributed by atoms with van der Waals surface area (Å²) < 4.78 is 0. The first kappa shape index (κ1) is 17.5. The molecule has 5 heteroatoms. The highest BCUT2D eigenvalue weighted by Gasteiger charge is 2.19. The van der Waals surface area contributed by atoms with Gasteiger partial charge in [-0.2, -0.15) is 0 Å². The molecule has 1 heterocycles. The predicted octanol–water partition coefficient (Wildman–Crippen LogP) is 1.91. The average Bonchev–Trinajstić information content (AvgIpc) is 3.06. The normalized spacial score (nSPS) is 15.7. The zero-order chi connectivity index (χ0) is 16.8. The van der Waals surface area contributed by atoms with Crippen molar-refractivity contribution in [3.05, 3.63) is 35.4 Å². The van der Waals surface area contributed by atoms with E-state index in [-0.39, 0.29) is 11.8 Å². The Morgan fingerprint density at radius 2 is 1.78 bits per heavy atom. The summed E-state index contributed by atoms with van der Waals surface area (Å²) in [6, 6.07) is 6.97. The van der Waals surface area contributed by atoms with Gasteiger partial charge in [-0.25, -0.2) is 0 Å². The van der Waals surface area contributed by atoms with Crippen molar-refractivity contribution in [2.24, 2.45) is 11.7 Å². The lowest BCUT2D eigenvalue weighted by atomic mass is 10.0. The second kappa shape index (κ2) is 8.11. The summed E-state index contributed by atoms with van der Waals surface area (Å²) in [7, 11) is 0. The maximum Gasteiger partial charge on any atom is 0.253 e. The molecule has 126 valence electrons. The van der Waals surface area contributed by atoms with E-state index in [1.807, 2.05) is 43.0 Å². The first-order valence-corrected chi connectivity index (χ1v) is 8.39. The molecule has 2 rings (SSSR count). The first-order chi connectivity index (χ1) is 11.0. The van der Waals surface area contributed by atoms with Gasteiger partial charge in [-0.15, -0.1) is 0 Å². The van der Waals surface area contributed by atoms with E-state index in [9.17, 15) is 9.59 Å². The Balaban J connectivity index is 1.85. The van der Waals surface area contributed by atoms with Crippen molar-refractivity contribution < 1.29 is 9.59 Å². The number of nitrogens with one attached hydrogen (secondary N) is 1. The monoisotopic (exact) mass is 317 g/mol. The van der Waals surface area contributed by atoms with E-state index < -0.39 is 6.04 Å². The van der Waals surface area contributed by atoms with Crippen molar-refractivity contribution in [2.75, 3.05) is 13.1 Å². The Kier molecular flexibility index (Phi) is 6.16. The van der Waals surface area contributed by atoms with Crippen LogP contribution in [0.2, 0.25) is 0 Å². The summed E-state index contributed by atoms with van der Waals surface area (Å²) in [6.45, 7) is 6.23. The lowest BCUT2D eigenvalue weighted by molar-refractivity contribution is -0.122. The number of hydrogen-bond acceptors (Lipinski definition) is 3. The van der Waals surface area contributed by atoms with Crippen LogP contribution in [0, 0.1) is 5.92 Å². The summed E-state index contributed by atoms with van der Waals surface area (Å²) in [6.07, 6.45) is 2.86. The second-order valence-electron chi connectivity index (χ2n) is 6.65. The van der Waals surface area contributed by atoms with Gasteiger partial charge in [0.25, 0.3) is 5.91 Å². The molecule has 0 spiro atoms. The lowest BCUT2D eigenvalue weighted by Gasteiger charge is -2.16. The van der Waals surface area contributed by atoms with Gasteiger partial charge in [-0.05, 0) is 42.9 Å². The number of amides is 2. The Morgan fingerprint density at radius 1 is 1.17 bits per heavy atom. The predicted molar refractivity (Wildman–Crippen MR) is 90.9 cm³/mol. The van der Waals surface area contributed by atoms with Crippen molar-refractivity contribution in [1.29, 1.82) is 0 Å². The van der Waals surface area contributed by atoms with Crippen LogP contribution in [0.3, 0.4) is 0 Å². The molecule has 2 amide bonds. The van der Waals surface area contributed by atoms with E-state index in [0.717, 1.165) is 31.5 Å². The molecule has 0 aromatic heterocycles. The summed E-state index contributed by atoms with van der Waals surface area (Å²) in [5.74, 6) is 0.361. The Bertz CT molecular complexity index is 534. The molecular weight excluding hydrogens is 290 g/mol. The molecule has 1 aromatic rings. The largest absolute Gasteiger partial charge is 0.351 e. The van der Waals surface area contributed by atoms with E-state index in [4.69, 9.17) is 5.73 Å². The Hall–Kier alpha value is -1.88. The van der Waals surface area contributed by atoms with Crippen LogP contribution in [0.5, 0.6) is 0 Å². The van der Waals surface area contributed by atoms with Crippen molar-refractivity contribution in [1.82, 2.24) is 10.2 Å². The number of carbonyl (C=O) groups excluding carboxylic acids is 2. The van der Waals surface area contributed by atoms with E-state index in [0.29, 0.717) is 24.4 Å². The van der Waals surface area contributed by atoms with Gasteiger partial charge in [0.05, 0.1) is 6.04 Å². The third-order valence-corrected chi connectivity index (χ3v) is 4.12. The maximum absolute atomic E-state index is 12.3. The fraction of sp³-hybridized carbons (Fsp3) is 0.556. The summed E-state index contributed by atoms with van der Waals surface area (Å²) in [5.41, 5.74) is 7.53. The molecule has 1 aliphatic heterocycles. The summed E-state index contributed by atoms with van der Waals surface area (Å²) >= 11 is 0. The molecule has 1 saturated heterocycles. The van der Waals surface area contributed by atoms with Gasteiger partial charge in [-0.1, -0.05) is 26.0 Å². The summed E-state index contributed by atoms with van der Waals surface area (Å²) in [5, 5.41) is 2.85. The van der Waals surface area contributed by atoms with Gasteiger partial charge >= 0.3 is 0 Å². The lowest BCUT2D eigenvalue weighted by Crippen LogP contribution is -2.41. The fourth-order valence-electron chi connectivity index (χ4n) is 2.80. The minimum absolute atomic E-state index is 0.0945. The molecule has 0 unspecified atom stereocenters. The maximum atomic E-state index is 12.3. The van der Waals surface area contributed by atoms with Crippen LogP contribution >= 0.6 is 0 Å². The zero-order valence-electron chi connectivity index (χ0n) is 14.0. The highest BCUT2D eigenvalue weighted by atomic mass is 16.2. The second-order valence-corrected chi connectivity index (χ2v) is 6.65. The molecule has 3 N–H and O–H groups in total. The standard InChI is InChI=1S/C18H27N3O2/c1-13(2)11-16(19)17(22)20-12-14-5-7-15(8-6-14)18(23)21-9-3-4-10-21/h5-8,13,16H,3-4,9-12,19H2,1-2H3,(H,20,22)/t16-/m1/s1. The minimum Gasteiger partial charge on any atom is -0.351 e. The van der Waals surface area contributed by atoms with E-state index >= 15 is 0 Å². The van der Waals surface area contributed by atoms with Gasteiger partial charge in [0, 0.05) is 25.2 Å². The minimum atomic E-state index is -0.467. The average molecular weight is 317 g/mol. The Labute approximate surface area is 138 Å². The topological polar surface area (TPSA) is 75.4 Å². The SMILES string of the molecule is CC(C)C[C@@H](N)C(=O)NCc1ccc(C(=O)N2CCCC2)cc1.